The fourth-order valence-corrected chi connectivity index (χ4v) is 0. The average Bonchev–Trinajstić information content (AvgIpc) is 1.37. The van der Waals surface area contributed by atoms with E-state index in [-0.39, 0.29) is 0 Å². The topological polar surface area (TPSA) is 4.36 Å². The summed E-state index contributed by atoms with van der Waals surface area (Å²) in [5.41, 5.74) is 0. The van der Waals surface area contributed by atoms with Gasteiger partial charge in [-0.1, -0.05) is 0 Å². The van der Waals surface area contributed by atoms with E-state index in [1.807, 2.05) is 0 Å². The Hall–Kier alpha value is -0.160. The van der Waals surface area contributed by atoms with E-state index in [2.05, 4.69) is 4.25 Å². The van der Waals surface area contributed by atoms with Crippen LogP contribution in [0.2, 0.25) is 0 Å². The molecule has 2 heteroatoms. The van der Waals surface area contributed by atoms with Crippen molar-refractivity contribution in [2.24, 2.45) is 0 Å². The molecule has 0 fully saturated rings. The van der Waals surface area contributed by atoms with Crippen LogP contribution in [0.3, 0.4) is 0 Å². The Morgan fingerprint density at radius 3 is 2.25 bits per heavy atom. The molecule has 0 aromatic rings. The molecular weight excluding hydrogens is 70.1 g/mol. The van der Waals surface area contributed by atoms with Crippen molar-refractivity contribution in [2.75, 3.05) is 6.26 Å². The Balaban J connectivity index is 2.43. The summed E-state index contributed by atoms with van der Waals surface area (Å²) in [6.07, 6.45) is 1.74. The van der Waals surface area contributed by atoms with Crippen LogP contribution in [0.5, 0.6) is 0 Å². The van der Waals surface area contributed by atoms with Crippen LogP contribution in [0.25, 0.3) is 4.25 Å². The molecule has 0 aliphatic carbocycles. The highest BCUT2D eigenvalue weighted by molar-refractivity contribution is 8.00. The van der Waals surface area contributed by atoms with Gasteiger partial charge in [0, 0.05) is 0 Å². The zero-order chi connectivity index (χ0) is 3.41. The van der Waals surface area contributed by atoms with Gasteiger partial charge in [-0.3, -0.25) is 0 Å². The molecule has 0 bridgehead atoms. The Kier molecular flexibility index (Phi) is 2.73. The molecule has 0 saturated carbocycles. The zero-order valence-electron chi connectivity index (χ0n) is 2.36. The number of rotatable bonds is 0. The van der Waals surface area contributed by atoms with E-state index in [1.54, 1.807) is 6.26 Å². The smallest absolute Gasteiger partial charge is 0.229 e. The van der Waals surface area contributed by atoms with Crippen molar-refractivity contribution >= 4 is 11.9 Å². The maximum Gasteiger partial charge on any atom is 0.253 e. The summed E-state index contributed by atoms with van der Waals surface area (Å²) in [6.45, 7) is 6.04. The second-order valence-corrected chi connectivity index (χ2v) is 0.822. The summed E-state index contributed by atoms with van der Waals surface area (Å²) in [6, 6.07) is 0. The Labute approximate surface area is 30.0 Å². The van der Waals surface area contributed by atoms with Gasteiger partial charge in [0.25, 0.3) is 11.9 Å². The van der Waals surface area contributed by atoms with Crippen molar-refractivity contribution in [1.29, 1.82) is 0 Å². The molecule has 0 radical (unpaired) electrons. The fraction of sp³-hybridized carbons (Fsp3) is 0.500. The number of hydrogen-bond donors (Lipinski definition) is 0. The molecule has 0 unspecified atom stereocenters. The predicted molar refractivity (Wildman–Crippen MR) is 20.1 cm³/mol. The van der Waals surface area contributed by atoms with Crippen LogP contribution in [0.1, 0.15) is 0 Å². The third-order valence-corrected chi connectivity index (χ3v) is 0.274. The molecule has 0 aromatic carbocycles. The minimum absolute atomic E-state index is 1.15. The van der Waals surface area contributed by atoms with E-state index in [1.165, 1.54) is 0 Å². The van der Waals surface area contributed by atoms with Crippen molar-refractivity contribution in [3.8, 4) is 0 Å². The van der Waals surface area contributed by atoms with Crippen LogP contribution in [0.4, 0.5) is 0 Å². The first-order chi connectivity index (χ1) is 1.91. The molecule has 0 amide bonds. The van der Waals surface area contributed by atoms with Crippen molar-refractivity contribution in [1.82, 2.24) is 0 Å². The van der Waals surface area contributed by atoms with Gasteiger partial charge in [-0.2, -0.15) is 0 Å². The van der Waals surface area contributed by atoms with Crippen LogP contribution in [-0.4, -0.2) is 6.26 Å². The Bertz CT molecular complexity index is 35.8. The van der Waals surface area contributed by atoms with Crippen LogP contribution >= 0.6 is 11.9 Å². The first-order valence-corrected chi connectivity index (χ1v) is 2.00. The zero-order valence-corrected chi connectivity index (χ0v) is 3.17. The van der Waals surface area contributed by atoms with Crippen LogP contribution in [-0.2, 0) is 0 Å². The van der Waals surface area contributed by atoms with Gasteiger partial charge >= 0.3 is 0 Å². The highest BCUT2D eigenvalue weighted by Crippen LogP contribution is 1.86. The second-order valence-electron chi connectivity index (χ2n) is 0.274. The van der Waals surface area contributed by atoms with E-state index >= 15 is 0 Å². The molecule has 4 heavy (non-hydrogen) atoms. The predicted octanol–water partition coefficient (Wildman–Crippen LogP) is 1.18. The summed E-state index contributed by atoms with van der Waals surface area (Å²) >= 11 is 1.15. The van der Waals surface area contributed by atoms with E-state index in [4.69, 9.17) is 6.57 Å². The van der Waals surface area contributed by atoms with E-state index in [9.17, 15) is 0 Å². The van der Waals surface area contributed by atoms with Crippen molar-refractivity contribution < 1.29 is 0 Å². The van der Waals surface area contributed by atoms with Gasteiger partial charge in [0.1, 0.15) is 0 Å². The molecule has 22 valence electrons. The molecule has 0 saturated heterocycles. The summed E-state index contributed by atoms with van der Waals surface area (Å²) in [7, 11) is 0. The van der Waals surface area contributed by atoms with Gasteiger partial charge < -0.3 is 0 Å². The Morgan fingerprint density at radius 1 is 2.00 bits per heavy atom. The van der Waals surface area contributed by atoms with Crippen molar-refractivity contribution in [3.05, 3.63) is 10.8 Å². The van der Waals surface area contributed by atoms with Gasteiger partial charge in [0.2, 0.25) is 0 Å². The van der Waals surface area contributed by atoms with Gasteiger partial charge in [0.05, 0.1) is 6.26 Å². The van der Waals surface area contributed by atoms with Crippen molar-refractivity contribution in [2.45, 2.75) is 0 Å². The van der Waals surface area contributed by atoms with E-state index in [0.717, 1.165) is 11.9 Å². The number of hydrogen-bond acceptors (Lipinski definition) is 1. The third kappa shape index (κ3) is 1.84. The quantitative estimate of drug-likeness (QED) is 0.308. The highest BCUT2D eigenvalue weighted by Gasteiger charge is 1.55. The fourth-order valence-electron chi connectivity index (χ4n) is 0. The molecule has 0 aliphatic heterocycles. The average molecular weight is 73.1 g/mol. The Morgan fingerprint density at radius 2 is 2.25 bits per heavy atom. The number of nitrogens with zero attached hydrogens (tertiary/aromatic N) is 1. The van der Waals surface area contributed by atoms with Gasteiger partial charge in [-0.05, 0) is 0 Å². The van der Waals surface area contributed by atoms with Gasteiger partial charge in [0.15, 0.2) is 0 Å². The molecular formula is C2H3NS. The molecule has 0 aromatic heterocycles. The van der Waals surface area contributed by atoms with Gasteiger partial charge in [-0.15, -0.1) is 0 Å². The monoisotopic (exact) mass is 73.0 g/mol. The van der Waals surface area contributed by atoms with Crippen LogP contribution in [0.15, 0.2) is 0 Å². The summed E-state index contributed by atoms with van der Waals surface area (Å²) < 4.78 is 2.90. The molecule has 0 aliphatic rings. The lowest BCUT2D eigenvalue weighted by Gasteiger charge is -1.45. The standard InChI is InChI=1S/C2H3NS/c1-3-4-2/h2H3. The first kappa shape index (κ1) is 3.84. The second kappa shape index (κ2) is 2.84. The molecule has 0 atom stereocenters. The maximum absolute atomic E-state index is 6.04. The summed E-state index contributed by atoms with van der Waals surface area (Å²) in [5.74, 6) is 0. The first-order valence-electron chi connectivity index (χ1n) is 0.814. The lowest BCUT2D eigenvalue weighted by Crippen LogP contribution is -1.19. The van der Waals surface area contributed by atoms with Crippen LogP contribution in [0, 0.1) is 6.57 Å². The van der Waals surface area contributed by atoms with E-state index in [0.29, 0.717) is 0 Å². The lowest BCUT2D eigenvalue weighted by molar-refractivity contribution is 2.44. The molecule has 0 spiro atoms. The summed E-state index contributed by atoms with van der Waals surface area (Å²) in [4.78, 5) is 0. The third-order valence-electron chi connectivity index (χ3n) is 0.0913. The minimum atomic E-state index is 1.15. The SMILES string of the molecule is [C-]#[N+]SC. The molecule has 1 nitrogen and oxygen atoms in total. The molecule has 0 N–H and O–H groups in total. The highest BCUT2D eigenvalue weighted by atomic mass is 32.2. The maximum atomic E-state index is 6.04. The van der Waals surface area contributed by atoms with Crippen LogP contribution < -0.4 is 0 Å². The van der Waals surface area contributed by atoms with Crippen molar-refractivity contribution in [3.63, 3.8) is 0 Å². The largest absolute Gasteiger partial charge is 0.253 e. The minimum Gasteiger partial charge on any atom is -0.229 e. The summed E-state index contributed by atoms with van der Waals surface area (Å²) in [5, 5.41) is 0. The molecule has 0 rings (SSSR count). The molecule has 0 heterocycles. The normalized spacial score (nSPS) is 5.00. The lowest BCUT2D eigenvalue weighted by atomic mass is 11.9. The van der Waals surface area contributed by atoms with E-state index < -0.39 is 0 Å². The van der Waals surface area contributed by atoms with Gasteiger partial charge in [-0.25, -0.2) is 10.8 Å².